The van der Waals surface area contributed by atoms with Gasteiger partial charge >= 0.3 is 0 Å². The average Bonchev–Trinajstić information content (AvgIpc) is 3.12. The fourth-order valence-electron chi connectivity index (χ4n) is 4.34. The minimum Gasteiger partial charge on any atom is -0.357 e. The van der Waals surface area contributed by atoms with Crippen LogP contribution in [-0.2, 0) is 0 Å². The average molecular weight is 479 g/mol. The highest BCUT2D eigenvalue weighted by Crippen LogP contribution is 2.20. The number of nitrogens with zero attached hydrogens (tertiary/aromatic N) is 4. The van der Waals surface area contributed by atoms with Crippen LogP contribution in [0, 0.1) is 5.92 Å². The maximum absolute atomic E-state index is 4.97. The largest absolute Gasteiger partial charge is 0.357 e. The van der Waals surface area contributed by atoms with E-state index in [1.54, 1.807) is 0 Å². The van der Waals surface area contributed by atoms with Gasteiger partial charge < -0.3 is 15.1 Å². The maximum atomic E-state index is 4.97. The van der Waals surface area contributed by atoms with Crippen LogP contribution in [0.5, 0.6) is 0 Å². The quantitative estimate of drug-likeness (QED) is 0.330. The zero-order valence-electron chi connectivity index (χ0n) is 17.5. The van der Waals surface area contributed by atoms with E-state index in [0.29, 0.717) is 6.04 Å². The van der Waals surface area contributed by atoms with Gasteiger partial charge in [0, 0.05) is 32.2 Å². The number of rotatable bonds is 8. The predicted octanol–water partition coefficient (Wildman–Crippen LogP) is 3.11. The summed E-state index contributed by atoms with van der Waals surface area (Å²) in [5.74, 6) is 2.01. The Morgan fingerprint density at radius 3 is 2.31 bits per heavy atom. The lowest BCUT2D eigenvalue weighted by Crippen LogP contribution is -2.43. The van der Waals surface area contributed by atoms with Crippen LogP contribution in [0.1, 0.15) is 53.4 Å². The molecule has 0 aromatic carbocycles. The molecule has 2 heterocycles. The molecule has 0 aromatic rings. The van der Waals surface area contributed by atoms with Gasteiger partial charge in [0.25, 0.3) is 0 Å². The Labute approximate surface area is 179 Å². The Kier molecular flexibility index (Phi) is 12.1. The van der Waals surface area contributed by atoms with E-state index in [0.717, 1.165) is 51.1 Å². The molecule has 5 nitrogen and oxygen atoms in total. The van der Waals surface area contributed by atoms with Crippen LogP contribution in [0.25, 0.3) is 0 Å². The number of guanidine groups is 1. The van der Waals surface area contributed by atoms with E-state index in [1.165, 1.54) is 45.3 Å². The van der Waals surface area contributed by atoms with E-state index in [-0.39, 0.29) is 24.0 Å². The van der Waals surface area contributed by atoms with E-state index < -0.39 is 0 Å². The molecule has 26 heavy (non-hydrogen) atoms. The second-order valence-corrected chi connectivity index (χ2v) is 7.51. The number of hydrogen-bond donors (Lipinski definition) is 1. The van der Waals surface area contributed by atoms with Crippen molar-refractivity contribution in [3.05, 3.63) is 0 Å². The third-order valence-corrected chi connectivity index (χ3v) is 6.08. The van der Waals surface area contributed by atoms with Gasteiger partial charge in [-0.2, -0.15) is 0 Å². The molecule has 2 aliphatic heterocycles. The molecule has 2 fully saturated rings. The zero-order chi connectivity index (χ0) is 18.1. The van der Waals surface area contributed by atoms with Crippen molar-refractivity contribution in [1.29, 1.82) is 0 Å². The Hall–Kier alpha value is -0.0800. The zero-order valence-corrected chi connectivity index (χ0v) is 19.9. The molecule has 1 atom stereocenters. The highest BCUT2D eigenvalue weighted by Gasteiger charge is 2.28. The summed E-state index contributed by atoms with van der Waals surface area (Å²) in [5.41, 5.74) is 0. The standard InChI is InChI=1S/C20H41N5.HI/c1-5-21-20(25-16-12-19(17-25)24(7-3)8-4)22-13-9-18-10-14-23(6-2)15-11-18;/h18-19H,5-17H2,1-4H3,(H,21,22);1H. The van der Waals surface area contributed by atoms with Gasteiger partial charge in [-0.25, -0.2) is 0 Å². The van der Waals surface area contributed by atoms with E-state index in [4.69, 9.17) is 4.99 Å². The minimum absolute atomic E-state index is 0. The van der Waals surface area contributed by atoms with Crippen molar-refractivity contribution in [3.8, 4) is 0 Å². The van der Waals surface area contributed by atoms with Crippen LogP contribution in [0.3, 0.4) is 0 Å². The van der Waals surface area contributed by atoms with Crippen molar-refractivity contribution in [2.75, 3.05) is 58.9 Å². The third-order valence-electron chi connectivity index (χ3n) is 6.08. The van der Waals surface area contributed by atoms with E-state index in [1.807, 2.05) is 0 Å². The number of aliphatic imine (C=N–C) groups is 1. The van der Waals surface area contributed by atoms with Gasteiger partial charge in [0.2, 0.25) is 0 Å². The topological polar surface area (TPSA) is 34.1 Å². The van der Waals surface area contributed by atoms with Crippen LogP contribution >= 0.6 is 24.0 Å². The van der Waals surface area contributed by atoms with Gasteiger partial charge in [0.1, 0.15) is 0 Å². The van der Waals surface area contributed by atoms with Crippen LogP contribution < -0.4 is 5.32 Å². The second kappa shape index (κ2) is 13.2. The van der Waals surface area contributed by atoms with Gasteiger partial charge in [0.15, 0.2) is 5.96 Å². The first-order valence-corrected chi connectivity index (χ1v) is 10.7. The summed E-state index contributed by atoms with van der Waals surface area (Å²) in [6.07, 6.45) is 5.22. The van der Waals surface area contributed by atoms with Crippen molar-refractivity contribution in [1.82, 2.24) is 20.0 Å². The molecule has 2 aliphatic rings. The molecule has 0 bridgehead atoms. The molecule has 0 saturated carbocycles. The molecule has 0 aliphatic carbocycles. The molecular weight excluding hydrogens is 437 g/mol. The van der Waals surface area contributed by atoms with Crippen molar-refractivity contribution in [3.63, 3.8) is 0 Å². The lowest BCUT2D eigenvalue weighted by molar-refractivity contribution is 0.188. The second-order valence-electron chi connectivity index (χ2n) is 7.51. The number of likely N-dealkylation sites (tertiary alicyclic amines) is 2. The van der Waals surface area contributed by atoms with Gasteiger partial charge in [0.05, 0.1) is 0 Å². The molecule has 1 unspecified atom stereocenters. The monoisotopic (exact) mass is 479 g/mol. The normalized spacial score (nSPS) is 22.7. The molecule has 0 spiro atoms. The van der Waals surface area contributed by atoms with Gasteiger partial charge in [-0.1, -0.05) is 20.8 Å². The molecule has 0 radical (unpaired) electrons. The van der Waals surface area contributed by atoms with E-state index in [9.17, 15) is 0 Å². The number of halogens is 1. The fourth-order valence-corrected chi connectivity index (χ4v) is 4.34. The van der Waals surface area contributed by atoms with Gasteiger partial charge in [-0.15, -0.1) is 24.0 Å². The van der Waals surface area contributed by atoms with Crippen LogP contribution in [0.15, 0.2) is 4.99 Å². The van der Waals surface area contributed by atoms with Crippen LogP contribution in [0.2, 0.25) is 0 Å². The molecular formula is C20H42IN5. The van der Waals surface area contributed by atoms with Crippen LogP contribution in [-0.4, -0.2) is 85.6 Å². The summed E-state index contributed by atoms with van der Waals surface area (Å²) in [7, 11) is 0. The molecule has 0 aromatic heterocycles. The molecule has 154 valence electrons. The van der Waals surface area contributed by atoms with Crippen molar-refractivity contribution < 1.29 is 0 Å². The molecule has 0 amide bonds. The lowest BCUT2D eigenvalue weighted by atomic mass is 9.94. The Morgan fingerprint density at radius 1 is 1.04 bits per heavy atom. The highest BCUT2D eigenvalue weighted by molar-refractivity contribution is 14.0. The SMILES string of the molecule is CCNC(=NCCC1CCN(CC)CC1)N1CCC(N(CC)CC)C1.I. The van der Waals surface area contributed by atoms with Crippen molar-refractivity contribution in [2.45, 2.75) is 59.4 Å². The van der Waals surface area contributed by atoms with Gasteiger partial charge in [-0.05, 0) is 71.2 Å². The summed E-state index contributed by atoms with van der Waals surface area (Å²) in [6, 6.07) is 0.692. The number of likely N-dealkylation sites (N-methyl/N-ethyl adjacent to an activating group) is 1. The van der Waals surface area contributed by atoms with Gasteiger partial charge in [-0.3, -0.25) is 9.89 Å². The lowest BCUT2D eigenvalue weighted by Gasteiger charge is -2.31. The number of nitrogens with one attached hydrogen (secondary N) is 1. The third kappa shape index (κ3) is 7.15. The van der Waals surface area contributed by atoms with Crippen LogP contribution in [0.4, 0.5) is 0 Å². The summed E-state index contributed by atoms with van der Waals surface area (Å²) in [5, 5.41) is 3.52. The fraction of sp³-hybridized carbons (Fsp3) is 0.950. The minimum atomic E-state index is 0. The van der Waals surface area contributed by atoms with E-state index >= 15 is 0 Å². The van der Waals surface area contributed by atoms with Crippen molar-refractivity contribution in [2.24, 2.45) is 10.9 Å². The highest BCUT2D eigenvalue weighted by atomic mass is 127. The predicted molar refractivity (Wildman–Crippen MR) is 124 cm³/mol. The molecule has 6 heteroatoms. The molecule has 2 rings (SSSR count). The molecule has 1 N–H and O–H groups in total. The first-order chi connectivity index (χ1) is 12.2. The number of hydrogen-bond acceptors (Lipinski definition) is 3. The van der Waals surface area contributed by atoms with E-state index in [2.05, 4.69) is 47.7 Å². The Balaban J connectivity index is 0.00000338. The number of piperidine rings is 1. The Bertz CT molecular complexity index is 392. The summed E-state index contributed by atoms with van der Waals surface area (Å²) in [6.45, 7) is 19.3. The summed E-state index contributed by atoms with van der Waals surface area (Å²) in [4.78, 5) is 12.6. The molecule has 2 saturated heterocycles. The Morgan fingerprint density at radius 2 is 1.73 bits per heavy atom. The first-order valence-electron chi connectivity index (χ1n) is 10.7. The maximum Gasteiger partial charge on any atom is 0.193 e. The first kappa shape index (κ1) is 24.0. The summed E-state index contributed by atoms with van der Waals surface area (Å²) >= 11 is 0. The van der Waals surface area contributed by atoms with Crippen molar-refractivity contribution >= 4 is 29.9 Å². The summed E-state index contributed by atoms with van der Waals surface area (Å²) < 4.78 is 0. The smallest absolute Gasteiger partial charge is 0.193 e.